The van der Waals surface area contributed by atoms with Crippen molar-refractivity contribution in [3.63, 3.8) is 0 Å². The minimum Gasteiger partial charge on any atom is -0.508 e. The van der Waals surface area contributed by atoms with Crippen molar-refractivity contribution in [3.05, 3.63) is 59.7 Å². The smallest absolute Gasteiger partial charge is 0.272 e. The van der Waals surface area contributed by atoms with Crippen molar-refractivity contribution in [2.24, 2.45) is 0 Å². The predicted octanol–water partition coefficient (Wildman–Crippen LogP) is 8.88. The van der Waals surface area contributed by atoms with Crippen LogP contribution in [0.4, 0.5) is 0 Å². The lowest BCUT2D eigenvalue weighted by Crippen LogP contribution is -2.50. The lowest BCUT2D eigenvalue weighted by Gasteiger charge is -2.35. The van der Waals surface area contributed by atoms with Crippen LogP contribution in [0.2, 0.25) is 0 Å². The number of rotatable bonds is 20. The van der Waals surface area contributed by atoms with E-state index in [1.165, 1.54) is 88.5 Å². The number of phenols is 2. The van der Waals surface area contributed by atoms with Gasteiger partial charge in [-0.05, 0) is 61.4 Å². The van der Waals surface area contributed by atoms with Gasteiger partial charge in [-0.15, -0.1) is 0 Å². The summed E-state index contributed by atoms with van der Waals surface area (Å²) in [7, 11) is 0. The predicted molar refractivity (Wildman–Crippen MR) is 164 cm³/mol. The van der Waals surface area contributed by atoms with Crippen LogP contribution in [0.25, 0.3) is 0 Å². The third-order valence-electron chi connectivity index (χ3n) is 7.44. The van der Waals surface area contributed by atoms with E-state index < -0.39 is 0 Å². The second kappa shape index (κ2) is 19.9. The second-order valence-corrected chi connectivity index (χ2v) is 10.9. The molecule has 2 N–H and O–H groups in total. The number of benzene rings is 2. The maximum atomic E-state index is 13.8. The summed E-state index contributed by atoms with van der Waals surface area (Å²) in [6.45, 7) is 5.35. The zero-order valence-corrected chi connectivity index (χ0v) is 25.0. The van der Waals surface area contributed by atoms with Gasteiger partial charge in [0.25, 0.3) is 11.8 Å². The average molecular weight is 553 g/mol. The van der Waals surface area contributed by atoms with Crippen molar-refractivity contribution in [2.75, 3.05) is 13.1 Å². The molecule has 0 bridgehead atoms. The normalized spacial score (nSPS) is 10.9. The van der Waals surface area contributed by atoms with E-state index in [9.17, 15) is 19.8 Å². The van der Waals surface area contributed by atoms with Gasteiger partial charge in [-0.1, -0.05) is 104 Å². The number of aromatic hydroxyl groups is 2. The summed E-state index contributed by atoms with van der Waals surface area (Å²) in [6.07, 6.45) is 18.3. The Morgan fingerprint density at radius 1 is 0.475 bits per heavy atom. The third kappa shape index (κ3) is 12.4. The molecule has 0 fully saturated rings. The van der Waals surface area contributed by atoms with Gasteiger partial charge in [-0.25, -0.2) is 10.0 Å². The summed E-state index contributed by atoms with van der Waals surface area (Å²) in [6, 6.07) is 12.5. The topological polar surface area (TPSA) is 81.1 Å². The number of hydrogen-bond donors (Lipinski definition) is 2. The van der Waals surface area contributed by atoms with Gasteiger partial charge in [0.1, 0.15) is 11.5 Å². The molecule has 2 aromatic carbocycles. The van der Waals surface area contributed by atoms with E-state index in [-0.39, 0.29) is 23.3 Å². The number of carbonyl (C=O) groups excluding carboxylic acids is 2. The van der Waals surface area contributed by atoms with Gasteiger partial charge in [-0.3, -0.25) is 9.59 Å². The highest BCUT2D eigenvalue weighted by molar-refractivity contribution is 5.99. The number of phenolic OH excluding ortho intramolecular Hbond substituents is 2. The van der Waals surface area contributed by atoms with Gasteiger partial charge in [-0.2, -0.15) is 0 Å². The Hall–Kier alpha value is -3.02. The quantitative estimate of drug-likeness (QED) is 0.127. The Morgan fingerprint density at radius 2 is 0.750 bits per heavy atom. The minimum atomic E-state index is -0.241. The molecule has 0 saturated carbocycles. The number of hydrazine groups is 1. The van der Waals surface area contributed by atoms with E-state index >= 15 is 0 Å². The van der Waals surface area contributed by atoms with Crippen molar-refractivity contribution in [1.82, 2.24) is 10.0 Å². The van der Waals surface area contributed by atoms with E-state index in [1.54, 1.807) is 34.3 Å². The molecule has 2 rings (SSSR count). The van der Waals surface area contributed by atoms with E-state index in [0.717, 1.165) is 38.5 Å². The van der Waals surface area contributed by atoms with Crippen LogP contribution in [0.15, 0.2) is 48.5 Å². The van der Waals surface area contributed by atoms with Gasteiger partial charge in [0.15, 0.2) is 0 Å². The largest absolute Gasteiger partial charge is 0.508 e. The Balaban J connectivity index is 2.15. The fourth-order valence-corrected chi connectivity index (χ4v) is 4.96. The first-order valence-electron chi connectivity index (χ1n) is 15.7. The number of nitrogens with zero attached hydrogens (tertiary/aromatic N) is 2. The standard InChI is InChI=1S/C34H52N2O4/c1-3-5-7-9-11-13-15-17-27-35(33(39)29-19-23-31(37)24-20-29)36(28-18-16-14-12-10-8-6-4-2)34(40)30-21-25-32(38)26-22-30/h19-26,37-38H,3-18,27-28H2,1-2H3. The van der Waals surface area contributed by atoms with Crippen molar-refractivity contribution >= 4 is 11.8 Å². The zero-order valence-electron chi connectivity index (χ0n) is 25.0. The van der Waals surface area contributed by atoms with Crippen LogP contribution in [0.3, 0.4) is 0 Å². The molecule has 0 heterocycles. The molecule has 2 amide bonds. The fraction of sp³-hybridized carbons (Fsp3) is 0.588. The number of hydrogen-bond acceptors (Lipinski definition) is 4. The van der Waals surface area contributed by atoms with Crippen molar-refractivity contribution in [1.29, 1.82) is 0 Å². The molecule has 0 unspecified atom stereocenters. The summed E-state index contributed by atoms with van der Waals surface area (Å²) in [4.78, 5) is 27.5. The molecule has 0 aliphatic rings. The van der Waals surface area contributed by atoms with Crippen molar-refractivity contribution < 1.29 is 19.8 Å². The van der Waals surface area contributed by atoms with E-state index in [1.807, 2.05) is 0 Å². The lowest BCUT2D eigenvalue weighted by atomic mass is 10.1. The molecule has 6 heteroatoms. The minimum absolute atomic E-state index is 0.0992. The summed E-state index contributed by atoms with van der Waals surface area (Å²) < 4.78 is 0. The summed E-state index contributed by atoms with van der Waals surface area (Å²) in [5.41, 5.74) is 0.883. The molecule has 0 aliphatic heterocycles. The van der Waals surface area contributed by atoms with Crippen LogP contribution in [0, 0.1) is 0 Å². The van der Waals surface area contributed by atoms with Crippen molar-refractivity contribution in [3.8, 4) is 11.5 Å². The van der Waals surface area contributed by atoms with Crippen LogP contribution >= 0.6 is 0 Å². The first-order chi connectivity index (χ1) is 19.5. The maximum absolute atomic E-state index is 13.8. The number of unbranched alkanes of at least 4 members (excludes halogenated alkanes) is 14. The second-order valence-electron chi connectivity index (χ2n) is 10.9. The zero-order chi connectivity index (χ0) is 29.0. The SMILES string of the molecule is CCCCCCCCCCN(C(=O)c1ccc(O)cc1)N(CCCCCCCCCC)C(=O)c1ccc(O)cc1. The molecule has 40 heavy (non-hydrogen) atoms. The Morgan fingerprint density at radius 3 is 1.05 bits per heavy atom. The lowest BCUT2D eigenvalue weighted by molar-refractivity contribution is -0.00514. The van der Waals surface area contributed by atoms with Crippen molar-refractivity contribution in [2.45, 2.75) is 117 Å². The molecule has 6 nitrogen and oxygen atoms in total. The Kier molecular flexibility index (Phi) is 16.5. The van der Waals surface area contributed by atoms with Crippen LogP contribution in [-0.4, -0.2) is 45.1 Å². The fourth-order valence-electron chi connectivity index (χ4n) is 4.96. The van der Waals surface area contributed by atoms with Crippen LogP contribution < -0.4 is 0 Å². The first-order valence-corrected chi connectivity index (χ1v) is 15.7. The van der Waals surface area contributed by atoms with E-state index in [4.69, 9.17) is 0 Å². The van der Waals surface area contributed by atoms with Crippen LogP contribution in [0.1, 0.15) is 137 Å². The van der Waals surface area contributed by atoms with Crippen LogP contribution in [0.5, 0.6) is 11.5 Å². The summed E-state index contributed by atoms with van der Waals surface area (Å²) >= 11 is 0. The molecule has 0 saturated heterocycles. The molecule has 0 atom stereocenters. The molecule has 0 aliphatic carbocycles. The first kappa shape index (κ1) is 33.2. The molecule has 0 radical (unpaired) electrons. The summed E-state index contributed by atoms with van der Waals surface area (Å²) in [5.74, 6) is -0.284. The van der Waals surface area contributed by atoms with Gasteiger partial charge in [0.05, 0.1) is 0 Å². The molecule has 2 aromatic rings. The summed E-state index contributed by atoms with van der Waals surface area (Å²) in [5, 5.41) is 22.7. The monoisotopic (exact) mass is 552 g/mol. The Labute approximate surface area is 242 Å². The van der Waals surface area contributed by atoms with E-state index in [0.29, 0.717) is 24.2 Å². The highest BCUT2D eigenvalue weighted by atomic mass is 16.3. The molecular weight excluding hydrogens is 500 g/mol. The van der Waals surface area contributed by atoms with E-state index in [2.05, 4.69) is 13.8 Å². The molecule has 0 spiro atoms. The number of carbonyl (C=O) groups is 2. The Bertz CT molecular complexity index is 879. The van der Waals surface area contributed by atoms with Crippen LogP contribution in [-0.2, 0) is 0 Å². The van der Waals surface area contributed by atoms with Gasteiger partial charge >= 0.3 is 0 Å². The van der Waals surface area contributed by atoms with Gasteiger partial charge in [0, 0.05) is 24.2 Å². The van der Waals surface area contributed by atoms with Gasteiger partial charge in [0.2, 0.25) is 0 Å². The average Bonchev–Trinajstić information content (AvgIpc) is 2.96. The molecular formula is C34H52N2O4. The third-order valence-corrected chi connectivity index (χ3v) is 7.44. The van der Waals surface area contributed by atoms with Gasteiger partial charge < -0.3 is 10.2 Å². The highest BCUT2D eigenvalue weighted by Gasteiger charge is 2.27. The number of amides is 2. The maximum Gasteiger partial charge on any atom is 0.272 e. The highest BCUT2D eigenvalue weighted by Crippen LogP contribution is 2.20. The molecule has 0 aromatic heterocycles. The molecule has 222 valence electrons.